The van der Waals surface area contributed by atoms with Crippen LogP contribution in [-0.2, 0) is 4.79 Å². The van der Waals surface area contributed by atoms with Crippen molar-refractivity contribution in [1.82, 2.24) is 4.90 Å². The van der Waals surface area contributed by atoms with Crippen molar-refractivity contribution in [2.45, 2.75) is 64.8 Å². The highest BCUT2D eigenvalue weighted by Gasteiger charge is 2.28. The predicted molar refractivity (Wildman–Crippen MR) is 108 cm³/mol. The topological polar surface area (TPSA) is 20.3 Å². The minimum absolute atomic E-state index is 0.175. The van der Waals surface area contributed by atoms with E-state index in [2.05, 4.69) is 18.7 Å². The molecule has 1 atom stereocenters. The van der Waals surface area contributed by atoms with Crippen LogP contribution in [0.25, 0.3) is 10.1 Å². The predicted octanol–water partition coefficient (Wildman–Crippen LogP) is 6.27. The Morgan fingerprint density at radius 3 is 2.81 bits per heavy atom. The second-order valence-electron chi connectivity index (χ2n) is 7.61. The van der Waals surface area contributed by atoms with Crippen molar-refractivity contribution in [3.63, 3.8) is 0 Å². The molecule has 0 amide bonds. The zero-order chi connectivity index (χ0) is 18.5. The second kappa shape index (κ2) is 9.09. The maximum atomic E-state index is 13.7. The van der Waals surface area contributed by atoms with Crippen LogP contribution in [0.5, 0.6) is 0 Å². The monoisotopic (exact) mass is 375 g/mol. The van der Waals surface area contributed by atoms with Crippen LogP contribution in [0, 0.1) is 18.7 Å². The van der Waals surface area contributed by atoms with Gasteiger partial charge in [-0.1, -0.05) is 26.2 Å². The fourth-order valence-corrected chi connectivity index (χ4v) is 5.64. The van der Waals surface area contributed by atoms with E-state index in [-0.39, 0.29) is 11.9 Å². The van der Waals surface area contributed by atoms with Gasteiger partial charge in [-0.15, -0.1) is 11.3 Å². The molecular weight excluding hydrogens is 345 g/mol. The Kier molecular flexibility index (Phi) is 6.82. The number of nitrogens with zero attached hydrogens (tertiary/aromatic N) is 1. The Labute approximate surface area is 160 Å². The summed E-state index contributed by atoms with van der Waals surface area (Å²) in [6.45, 7) is 6.59. The number of unbranched alkanes of at least 4 members (excludes halogenated alkanes) is 1. The van der Waals surface area contributed by atoms with Gasteiger partial charge < -0.3 is 4.79 Å². The van der Waals surface area contributed by atoms with Gasteiger partial charge in [-0.05, 0) is 74.3 Å². The molecule has 3 rings (SSSR count). The number of aryl methyl sites for hydroxylation is 1. The number of likely N-dealkylation sites (tertiary alicyclic amines) is 1. The Hall–Kier alpha value is -1.26. The summed E-state index contributed by atoms with van der Waals surface area (Å²) < 4.78 is 14.8. The summed E-state index contributed by atoms with van der Waals surface area (Å²) in [5.74, 6) is 0.682. The molecule has 0 N–H and O–H groups in total. The first kappa shape index (κ1) is 19.5. The minimum atomic E-state index is -0.175. The molecule has 1 aliphatic heterocycles. The van der Waals surface area contributed by atoms with Crippen LogP contribution in [0.15, 0.2) is 18.2 Å². The van der Waals surface area contributed by atoms with Gasteiger partial charge in [-0.2, -0.15) is 0 Å². The highest BCUT2D eigenvalue weighted by atomic mass is 32.1. The molecule has 1 aromatic heterocycles. The molecule has 0 radical (unpaired) electrons. The molecule has 2 aromatic rings. The van der Waals surface area contributed by atoms with Crippen molar-refractivity contribution in [2.24, 2.45) is 5.92 Å². The number of halogens is 1. The molecular formula is C22H30FNOS. The van der Waals surface area contributed by atoms with Crippen LogP contribution in [0.1, 0.15) is 68.4 Å². The van der Waals surface area contributed by atoms with Gasteiger partial charge in [0, 0.05) is 22.0 Å². The summed E-state index contributed by atoms with van der Waals surface area (Å²) in [5, 5.41) is 1.03. The van der Waals surface area contributed by atoms with Crippen molar-refractivity contribution in [3.8, 4) is 0 Å². The molecule has 0 saturated carbocycles. The first-order chi connectivity index (χ1) is 12.6. The molecule has 1 aliphatic rings. The average molecular weight is 376 g/mol. The van der Waals surface area contributed by atoms with Gasteiger partial charge in [0.25, 0.3) is 0 Å². The Bertz CT molecular complexity index is 733. The molecule has 1 aromatic carbocycles. The van der Waals surface area contributed by atoms with Crippen LogP contribution in [0.3, 0.4) is 0 Å². The van der Waals surface area contributed by atoms with E-state index in [0.29, 0.717) is 6.42 Å². The van der Waals surface area contributed by atoms with E-state index >= 15 is 0 Å². The zero-order valence-electron chi connectivity index (χ0n) is 16.0. The molecule has 1 saturated heterocycles. The van der Waals surface area contributed by atoms with E-state index in [1.54, 1.807) is 23.5 Å². The first-order valence-electron chi connectivity index (χ1n) is 10.00. The van der Waals surface area contributed by atoms with Crippen molar-refractivity contribution in [2.75, 3.05) is 13.1 Å². The van der Waals surface area contributed by atoms with Crippen molar-refractivity contribution < 1.29 is 9.18 Å². The molecule has 0 bridgehead atoms. The Balaban J connectivity index is 1.80. The number of carbonyl (C=O) groups excluding carboxylic acids is 1. The molecule has 4 heteroatoms. The number of hydrogen-bond acceptors (Lipinski definition) is 3. The highest BCUT2D eigenvalue weighted by Crippen LogP contribution is 2.40. The number of thiophene rings is 1. The molecule has 0 spiro atoms. The van der Waals surface area contributed by atoms with E-state index in [1.165, 1.54) is 42.5 Å². The third kappa shape index (κ3) is 4.34. The third-order valence-corrected chi connectivity index (χ3v) is 7.23. The standard InChI is InChI=1S/C22H30FNOS/c1-3-4-6-17-10-12-24(13-11-17)20(7-5-14-25)22-16(2)19-15-18(23)8-9-21(19)26-22/h8-9,14-15,17,20H,3-7,10-13H2,1-2H3. The summed E-state index contributed by atoms with van der Waals surface area (Å²) >= 11 is 1.78. The maximum Gasteiger partial charge on any atom is 0.123 e. The third-order valence-electron chi connectivity index (χ3n) is 5.85. The SMILES string of the molecule is CCCCC1CCN(C(CCC=O)c2sc3ccc(F)cc3c2C)CC1. The maximum absolute atomic E-state index is 13.7. The van der Waals surface area contributed by atoms with Gasteiger partial charge in [0.2, 0.25) is 0 Å². The van der Waals surface area contributed by atoms with E-state index in [9.17, 15) is 9.18 Å². The van der Waals surface area contributed by atoms with Crippen LogP contribution < -0.4 is 0 Å². The summed E-state index contributed by atoms with van der Waals surface area (Å²) in [5.41, 5.74) is 1.19. The first-order valence-corrected chi connectivity index (χ1v) is 10.8. The quantitative estimate of drug-likeness (QED) is 0.507. The number of aldehydes is 1. The van der Waals surface area contributed by atoms with Crippen LogP contribution in [0.2, 0.25) is 0 Å². The van der Waals surface area contributed by atoms with Crippen molar-refractivity contribution in [1.29, 1.82) is 0 Å². The van der Waals surface area contributed by atoms with E-state index in [1.807, 2.05) is 6.07 Å². The number of benzene rings is 1. The summed E-state index contributed by atoms with van der Waals surface area (Å²) in [6.07, 6.45) is 8.96. The van der Waals surface area contributed by atoms with Gasteiger partial charge in [0.1, 0.15) is 12.1 Å². The lowest BCUT2D eigenvalue weighted by molar-refractivity contribution is -0.108. The number of fused-ring (bicyclic) bond motifs is 1. The number of piperidine rings is 1. The van der Waals surface area contributed by atoms with E-state index < -0.39 is 0 Å². The Morgan fingerprint density at radius 2 is 2.12 bits per heavy atom. The smallest absolute Gasteiger partial charge is 0.123 e. The van der Waals surface area contributed by atoms with Crippen molar-refractivity contribution in [3.05, 3.63) is 34.5 Å². The van der Waals surface area contributed by atoms with Gasteiger partial charge >= 0.3 is 0 Å². The summed E-state index contributed by atoms with van der Waals surface area (Å²) in [4.78, 5) is 14.9. The number of rotatable bonds is 8. The van der Waals surface area contributed by atoms with Crippen LogP contribution in [-0.4, -0.2) is 24.3 Å². The van der Waals surface area contributed by atoms with Gasteiger partial charge in [-0.3, -0.25) is 4.90 Å². The molecule has 1 unspecified atom stereocenters. The van der Waals surface area contributed by atoms with Gasteiger partial charge in [0.15, 0.2) is 0 Å². The fraction of sp³-hybridized carbons (Fsp3) is 0.591. The van der Waals surface area contributed by atoms with Gasteiger partial charge in [-0.25, -0.2) is 4.39 Å². The number of carbonyl (C=O) groups is 1. The molecule has 2 heterocycles. The Morgan fingerprint density at radius 1 is 1.35 bits per heavy atom. The highest BCUT2D eigenvalue weighted by molar-refractivity contribution is 7.19. The van der Waals surface area contributed by atoms with E-state index in [4.69, 9.17) is 0 Å². The average Bonchev–Trinajstić information content (AvgIpc) is 2.97. The summed E-state index contributed by atoms with van der Waals surface area (Å²) in [6, 6.07) is 5.37. The number of hydrogen-bond donors (Lipinski definition) is 0. The molecule has 142 valence electrons. The van der Waals surface area contributed by atoms with E-state index in [0.717, 1.165) is 41.8 Å². The molecule has 1 fully saturated rings. The lowest BCUT2D eigenvalue weighted by atomic mass is 9.90. The fourth-order valence-electron chi connectivity index (χ4n) is 4.28. The lowest BCUT2D eigenvalue weighted by Gasteiger charge is -2.37. The van der Waals surface area contributed by atoms with Gasteiger partial charge in [0.05, 0.1) is 0 Å². The zero-order valence-corrected chi connectivity index (χ0v) is 16.8. The second-order valence-corrected chi connectivity index (χ2v) is 8.70. The summed E-state index contributed by atoms with van der Waals surface area (Å²) in [7, 11) is 0. The largest absolute Gasteiger partial charge is 0.303 e. The van der Waals surface area contributed by atoms with Crippen LogP contribution >= 0.6 is 11.3 Å². The normalized spacial score (nSPS) is 17.7. The van der Waals surface area contributed by atoms with Crippen molar-refractivity contribution >= 4 is 27.7 Å². The molecule has 0 aliphatic carbocycles. The minimum Gasteiger partial charge on any atom is -0.303 e. The molecule has 26 heavy (non-hydrogen) atoms. The van der Waals surface area contributed by atoms with Crippen LogP contribution in [0.4, 0.5) is 4.39 Å². The lowest BCUT2D eigenvalue weighted by Crippen LogP contribution is -2.36. The molecule has 2 nitrogen and oxygen atoms in total.